The number of hydrogen-bond acceptors (Lipinski definition) is 4. The Morgan fingerprint density at radius 1 is 1.40 bits per heavy atom. The molecule has 0 saturated heterocycles. The standard InChI is InChI=1S/C14H19N3O2S/c1-10(2)8-17(9-13(16)18)14(19)12-6-5-11(20-12)4-3-7-15/h5-6,10H,7-9,15H2,1-2H3,(H2,16,18). The molecule has 0 spiro atoms. The zero-order valence-electron chi connectivity index (χ0n) is 11.7. The van der Waals surface area contributed by atoms with E-state index in [2.05, 4.69) is 11.8 Å². The van der Waals surface area contributed by atoms with Gasteiger partial charge in [-0.15, -0.1) is 11.3 Å². The van der Waals surface area contributed by atoms with Gasteiger partial charge in [0, 0.05) is 6.54 Å². The average molecular weight is 293 g/mol. The van der Waals surface area contributed by atoms with Crippen LogP contribution in [-0.4, -0.2) is 36.3 Å². The lowest BCUT2D eigenvalue weighted by Crippen LogP contribution is -2.40. The molecule has 5 nitrogen and oxygen atoms in total. The molecule has 1 rings (SSSR count). The van der Waals surface area contributed by atoms with Gasteiger partial charge < -0.3 is 16.4 Å². The van der Waals surface area contributed by atoms with E-state index in [0.29, 0.717) is 11.4 Å². The topological polar surface area (TPSA) is 89.4 Å². The van der Waals surface area contributed by atoms with E-state index < -0.39 is 5.91 Å². The molecule has 0 aliphatic carbocycles. The van der Waals surface area contributed by atoms with Crippen molar-refractivity contribution in [1.29, 1.82) is 0 Å². The highest BCUT2D eigenvalue weighted by atomic mass is 32.1. The van der Waals surface area contributed by atoms with Gasteiger partial charge in [0.25, 0.3) is 5.91 Å². The van der Waals surface area contributed by atoms with Gasteiger partial charge in [-0.3, -0.25) is 9.59 Å². The summed E-state index contributed by atoms with van der Waals surface area (Å²) in [5.41, 5.74) is 10.5. The van der Waals surface area contributed by atoms with Gasteiger partial charge >= 0.3 is 0 Å². The van der Waals surface area contributed by atoms with Crippen LogP contribution in [0, 0.1) is 17.8 Å². The zero-order chi connectivity index (χ0) is 15.1. The summed E-state index contributed by atoms with van der Waals surface area (Å²) in [6, 6.07) is 3.49. The Morgan fingerprint density at radius 3 is 2.65 bits per heavy atom. The van der Waals surface area contributed by atoms with E-state index in [-0.39, 0.29) is 24.9 Å². The summed E-state index contributed by atoms with van der Waals surface area (Å²) in [5, 5.41) is 0. The van der Waals surface area contributed by atoms with Crippen LogP contribution in [0.15, 0.2) is 12.1 Å². The highest BCUT2D eigenvalue weighted by Crippen LogP contribution is 2.18. The Morgan fingerprint density at radius 2 is 2.10 bits per heavy atom. The number of rotatable bonds is 5. The summed E-state index contributed by atoms with van der Waals surface area (Å²) in [4.78, 5) is 26.2. The molecule has 0 bridgehead atoms. The molecule has 0 radical (unpaired) electrons. The number of amides is 2. The van der Waals surface area contributed by atoms with E-state index in [9.17, 15) is 9.59 Å². The molecular formula is C14H19N3O2S. The average Bonchev–Trinajstić information content (AvgIpc) is 2.82. The van der Waals surface area contributed by atoms with E-state index in [1.54, 1.807) is 12.1 Å². The second kappa shape index (κ2) is 7.68. The molecule has 0 saturated carbocycles. The van der Waals surface area contributed by atoms with Crippen molar-refractivity contribution >= 4 is 23.2 Å². The maximum Gasteiger partial charge on any atom is 0.264 e. The zero-order valence-corrected chi connectivity index (χ0v) is 12.5. The third-order valence-electron chi connectivity index (χ3n) is 2.35. The third kappa shape index (κ3) is 5.03. The Kier molecular flexibility index (Phi) is 6.22. The van der Waals surface area contributed by atoms with Crippen LogP contribution in [0.5, 0.6) is 0 Å². The van der Waals surface area contributed by atoms with Crippen LogP contribution in [0.2, 0.25) is 0 Å². The molecule has 6 heteroatoms. The number of nitrogens with two attached hydrogens (primary N) is 2. The quantitative estimate of drug-likeness (QED) is 0.781. The smallest absolute Gasteiger partial charge is 0.264 e. The molecule has 0 aliphatic rings. The van der Waals surface area contributed by atoms with E-state index in [0.717, 1.165) is 4.88 Å². The van der Waals surface area contributed by atoms with Crippen LogP contribution in [0.25, 0.3) is 0 Å². The van der Waals surface area contributed by atoms with Crippen molar-refractivity contribution in [1.82, 2.24) is 4.90 Å². The lowest BCUT2D eigenvalue weighted by atomic mass is 10.2. The first-order chi connectivity index (χ1) is 9.43. The fraction of sp³-hybridized carbons (Fsp3) is 0.429. The monoisotopic (exact) mass is 293 g/mol. The van der Waals surface area contributed by atoms with Gasteiger partial charge in [-0.05, 0) is 18.1 Å². The SMILES string of the molecule is CC(C)CN(CC(N)=O)C(=O)c1ccc(C#CCN)s1. The van der Waals surface area contributed by atoms with Crippen LogP contribution in [0.4, 0.5) is 0 Å². The summed E-state index contributed by atoms with van der Waals surface area (Å²) in [6.07, 6.45) is 0. The van der Waals surface area contributed by atoms with Gasteiger partial charge in [0.15, 0.2) is 0 Å². The van der Waals surface area contributed by atoms with Crippen molar-refractivity contribution in [2.75, 3.05) is 19.6 Å². The fourth-order valence-corrected chi connectivity index (χ4v) is 2.51. The number of hydrogen-bond donors (Lipinski definition) is 2. The maximum absolute atomic E-state index is 12.4. The van der Waals surface area contributed by atoms with E-state index in [1.807, 2.05) is 13.8 Å². The van der Waals surface area contributed by atoms with Crippen LogP contribution in [-0.2, 0) is 4.79 Å². The highest BCUT2D eigenvalue weighted by molar-refractivity contribution is 7.14. The van der Waals surface area contributed by atoms with E-state index >= 15 is 0 Å². The van der Waals surface area contributed by atoms with E-state index in [1.165, 1.54) is 16.2 Å². The van der Waals surface area contributed by atoms with Gasteiger partial charge in [0.1, 0.15) is 0 Å². The second-order valence-electron chi connectivity index (χ2n) is 4.72. The van der Waals surface area contributed by atoms with Gasteiger partial charge in [-0.2, -0.15) is 0 Å². The Labute approximate surface area is 122 Å². The fourth-order valence-electron chi connectivity index (χ4n) is 1.66. The summed E-state index contributed by atoms with van der Waals surface area (Å²) in [5.74, 6) is 5.17. The first kappa shape index (κ1) is 16.2. The largest absolute Gasteiger partial charge is 0.368 e. The van der Waals surface area contributed by atoms with Gasteiger partial charge in [0.2, 0.25) is 5.91 Å². The van der Waals surface area contributed by atoms with Crippen LogP contribution >= 0.6 is 11.3 Å². The molecule has 4 N–H and O–H groups in total. The minimum atomic E-state index is -0.515. The number of carbonyl (C=O) groups is 2. The van der Waals surface area contributed by atoms with Crippen LogP contribution < -0.4 is 11.5 Å². The number of nitrogens with zero attached hydrogens (tertiary/aromatic N) is 1. The maximum atomic E-state index is 12.4. The first-order valence-electron chi connectivity index (χ1n) is 6.30. The Balaban J connectivity index is 2.87. The summed E-state index contributed by atoms with van der Waals surface area (Å²) in [7, 11) is 0. The lowest BCUT2D eigenvalue weighted by Gasteiger charge is -2.22. The van der Waals surface area contributed by atoms with Crippen molar-refractivity contribution in [3.05, 3.63) is 21.9 Å². The molecule has 0 fully saturated rings. The van der Waals surface area contributed by atoms with Gasteiger partial charge in [0.05, 0.1) is 22.8 Å². The molecule has 20 heavy (non-hydrogen) atoms. The Hall–Kier alpha value is -1.84. The molecule has 2 amide bonds. The molecule has 108 valence electrons. The van der Waals surface area contributed by atoms with Crippen molar-refractivity contribution < 1.29 is 9.59 Å². The molecule has 0 aromatic carbocycles. The summed E-state index contributed by atoms with van der Waals surface area (Å²) in [6.45, 7) is 4.66. The van der Waals surface area contributed by atoms with Gasteiger partial charge in [-0.1, -0.05) is 25.7 Å². The number of thiophene rings is 1. The summed E-state index contributed by atoms with van der Waals surface area (Å²) >= 11 is 1.29. The molecular weight excluding hydrogens is 274 g/mol. The number of carbonyl (C=O) groups excluding carboxylic acids is 2. The second-order valence-corrected chi connectivity index (χ2v) is 5.80. The molecule has 1 aromatic rings. The molecule has 0 atom stereocenters. The van der Waals surface area contributed by atoms with Crippen molar-refractivity contribution in [2.24, 2.45) is 17.4 Å². The summed E-state index contributed by atoms with van der Waals surface area (Å²) < 4.78 is 0. The number of primary amides is 1. The molecule has 1 aromatic heterocycles. The van der Waals surface area contributed by atoms with Crippen molar-refractivity contribution in [3.63, 3.8) is 0 Å². The van der Waals surface area contributed by atoms with Crippen molar-refractivity contribution in [3.8, 4) is 11.8 Å². The van der Waals surface area contributed by atoms with Crippen LogP contribution in [0.3, 0.4) is 0 Å². The highest BCUT2D eigenvalue weighted by Gasteiger charge is 2.20. The predicted octanol–water partition coefficient (Wildman–Crippen LogP) is 0.642. The molecule has 1 heterocycles. The Bertz CT molecular complexity index is 540. The van der Waals surface area contributed by atoms with Crippen LogP contribution in [0.1, 0.15) is 28.4 Å². The van der Waals surface area contributed by atoms with E-state index in [4.69, 9.17) is 11.5 Å². The minimum Gasteiger partial charge on any atom is -0.368 e. The van der Waals surface area contributed by atoms with Gasteiger partial charge in [-0.25, -0.2) is 0 Å². The van der Waals surface area contributed by atoms with Crippen molar-refractivity contribution in [2.45, 2.75) is 13.8 Å². The first-order valence-corrected chi connectivity index (χ1v) is 7.12. The lowest BCUT2D eigenvalue weighted by molar-refractivity contribution is -0.118. The third-order valence-corrected chi connectivity index (χ3v) is 3.34. The predicted molar refractivity (Wildman–Crippen MR) is 80.2 cm³/mol. The molecule has 0 unspecified atom stereocenters. The molecule has 0 aliphatic heterocycles. The minimum absolute atomic E-state index is 0.0707. The normalized spacial score (nSPS) is 10.0.